The molecule has 0 spiro atoms. The van der Waals surface area contributed by atoms with Gasteiger partial charge in [0, 0.05) is 18.7 Å². The first-order valence-electron chi connectivity index (χ1n) is 9.61. The van der Waals surface area contributed by atoms with E-state index in [0.717, 1.165) is 14.9 Å². The van der Waals surface area contributed by atoms with Crippen molar-refractivity contribution in [2.24, 2.45) is 0 Å². The summed E-state index contributed by atoms with van der Waals surface area (Å²) in [6.45, 7) is -0.332. The number of nitrogens with one attached hydrogen (secondary N) is 2. The Kier molecular flexibility index (Phi) is 7.58. The van der Waals surface area contributed by atoms with E-state index in [-0.39, 0.29) is 24.1 Å². The number of carbonyl (C=O) groups excluding carboxylic acids is 1. The molecule has 1 aromatic carbocycles. The van der Waals surface area contributed by atoms with Crippen LogP contribution < -0.4 is 20.9 Å². The number of nitrogens with zero attached hydrogens (tertiary/aromatic N) is 3. The highest BCUT2D eigenvalue weighted by atomic mass is 35.5. The molecular formula is C21H22ClN5O4. The predicted molar refractivity (Wildman–Crippen MR) is 116 cm³/mol. The molecule has 0 saturated carbocycles. The third kappa shape index (κ3) is 5.80. The van der Waals surface area contributed by atoms with Crippen LogP contribution in [-0.2, 0) is 17.8 Å². The molecule has 3 rings (SSSR count). The molecule has 0 fully saturated rings. The lowest BCUT2D eigenvalue weighted by atomic mass is 10.1. The molecule has 1 amide bonds. The van der Waals surface area contributed by atoms with Crippen LogP contribution in [0.15, 0.2) is 65.7 Å². The van der Waals surface area contributed by atoms with Gasteiger partial charge < -0.3 is 20.9 Å². The number of aromatic nitrogens is 3. The molecule has 31 heavy (non-hydrogen) atoms. The summed E-state index contributed by atoms with van der Waals surface area (Å²) in [5.41, 5.74) is 0.719. The van der Waals surface area contributed by atoms with E-state index in [9.17, 15) is 19.9 Å². The first-order chi connectivity index (χ1) is 15.0. The van der Waals surface area contributed by atoms with E-state index in [1.54, 1.807) is 42.5 Å². The third-order valence-corrected chi connectivity index (χ3v) is 4.91. The highest BCUT2D eigenvalue weighted by molar-refractivity contribution is 6.29. The van der Waals surface area contributed by atoms with Crippen molar-refractivity contribution in [2.75, 3.05) is 18.5 Å². The van der Waals surface area contributed by atoms with E-state index in [0.29, 0.717) is 18.7 Å². The predicted octanol–water partition coefficient (Wildman–Crippen LogP) is 1.03. The minimum absolute atomic E-state index is 0.00594. The lowest BCUT2D eigenvalue weighted by Crippen LogP contribution is -2.37. The Morgan fingerprint density at radius 2 is 1.97 bits per heavy atom. The van der Waals surface area contributed by atoms with Gasteiger partial charge in [-0.2, -0.15) is 4.73 Å². The summed E-state index contributed by atoms with van der Waals surface area (Å²) in [7, 11) is 0. The number of carbonyl (C=O) groups is 1. The van der Waals surface area contributed by atoms with Crippen LogP contribution in [-0.4, -0.2) is 33.7 Å². The quantitative estimate of drug-likeness (QED) is 0.335. The summed E-state index contributed by atoms with van der Waals surface area (Å²) >= 11 is 6.08. The van der Waals surface area contributed by atoms with Gasteiger partial charge in [0.25, 0.3) is 5.56 Å². The van der Waals surface area contributed by atoms with Gasteiger partial charge in [0.05, 0.1) is 25.3 Å². The topological polar surface area (TPSA) is 123 Å². The van der Waals surface area contributed by atoms with Gasteiger partial charge in [0.1, 0.15) is 11.7 Å². The molecule has 1 atom stereocenters. The van der Waals surface area contributed by atoms with Crippen molar-refractivity contribution >= 4 is 23.3 Å². The van der Waals surface area contributed by atoms with E-state index >= 15 is 0 Å². The fraction of sp³-hybridized carbons (Fsp3) is 0.238. The Morgan fingerprint density at radius 1 is 1.23 bits per heavy atom. The fourth-order valence-electron chi connectivity index (χ4n) is 3.01. The molecule has 2 aromatic heterocycles. The number of hydrogen-bond donors (Lipinski definition) is 3. The third-order valence-electron chi connectivity index (χ3n) is 4.61. The van der Waals surface area contributed by atoms with E-state index in [1.165, 1.54) is 12.4 Å². The summed E-state index contributed by atoms with van der Waals surface area (Å²) in [5, 5.41) is 26.9. The van der Waals surface area contributed by atoms with Gasteiger partial charge in [-0.3, -0.25) is 14.2 Å². The molecule has 9 nitrogen and oxygen atoms in total. The molecule has 0 saturated heterocycles. The smallest absolute Gasteiger partial charge is 0.294 e. The summed E-state index contributed by atoms with van der Waals surface area (Å²) in [5.74, 6) is -0.465. The zero-order valence-corrected chi connectivity index (χ0v) is 17.3. The van der Waals surface area contributed by atoms with Gasteiger partial charge in [0.15, 0.2) is 17.7 Å². The number of aliphatic hydroxyl groups is 1. The number of benzene rings is 1. The molecule has 0 aliphatic carbocycles. The Balaban J connectivity index is 1.66. The van der Waals surface area contributed by atoms with Crippen molar-refractivity contribution in [3.8, 4) is 0 Å². The van der Waals surface area contributed by atoms with Crippen molar-refractivity contribution in [1.29, 1.82) is 0 Å². The first-order valence-corrected chi connectivity index (χ1v) is 9.99. The molecular weight excluding hydrogens is 422 g/mol. The van der Waals surface area contributed by atoms with Crippen LogP contribution in [0.3, 0.4) is 0 Å². The van der Waals surface area contributed by atoms with Crippen molar-refractivity contribution in [1.82, 2.24) is 14.9 Å². The summed E-state index contributed by atoms with van der Waals surface area (Å²) in [6.07, 6.45) is 3.05. The first kappa shape index (κ1) is 22.3. The average Bonchev–Trinajstić information content (AvgIpc) is 2.78. The number of amides is 1. The molecule has 0 aliphatic heterocycles. The van der Waals surface area contributed by atoms with Crippen molar-refractivity contribution in [3.05, 3.63) is 92.9 Å². The van der Waals surface area contributed by atoms with Crippen LogP contribution in [0.2, 0.25) is 5.15 Å². The van der Waals surface area contributed by atoms with Crippen molar-refractivity contribution in [2.45, 2.75) is 19.0 Å². The van der Waals surface area contributed by atoms with Crippen LogP contribution in [0, 0.1) is 5.21 Å². The van der Waals surface area contributed by atoms with Gasteiger partial charge in [0.2, 0.25) is 5.91 Å². The molecule has 1 unspecified atom stereocenters. The zero-order chi connectivity index (χ0) is 22.2. The fourth-order valence-corrected chi connectivity index (χ4v) is 3.19. The lowest BCUT2D eigenvalue weighted by molar-refractivity contribution is -0.613. The van der Waals surface area contributed by atoms with Gasteiger partial charge in [-0.15, -0.1) is 0 Å². The van der Waals surface area contributed by atoms with Crippen LogP contribution in [0.4, 0.5) is 5.82 Å². The Morgan fingerprint density at radius 3 is 2.68 bits per heavy atom. The van der Waals surface area contributed by atoms with Gasteiger partial charge in [-0.25, -0.2) is 4.98 Å². The molecule has 3 aromatic rings. The maximum absolute atomic E-state index is 12.7. The number of anilines is 1. The van der Waals surface area contributed by atoms with E-state index in [2.05, 4.69) is 15.6 Å². The maximum atomic E-state index is 12.7. The number of pyridine rings is 1. The summed E-state index contributed by atoms with van der Waals surface area (Å²) < 4.78 is 1.84. The number of halogens is 1. The second-order valence-corrected chi connectivity index (χ2v) is 7.12. The maximum Gasteiger partial charge on any atom is 0.294 e. The normalized spacial score (nSPS) is 11.7. The second-order valence-electron chi connectivity index (χ2n) is 6.73. The summed E-state index contributed by atoms with van der Waals surface area (Å²) in [4.78, 5) is 29.2. The minimum Gasteiger partial charge on any atom is -0.619 e. The molecule has 0 bridgehead atoms. The van der Waals surface area contributed by atoms with Crippen LogP contribution in [0.5, 0.6) is 0 Å². The molecule has 3 N–H and O–H groups in total. The van der Waals surface area contributed by atoms with Crippen molar-refractivity contribution in [3.63, 3.8) is 0 Å². The number of rotatable bonds is 9. The standard InChI is InChI=1S/C21H22ClN5O4/c22-18-12-24-20(23-10-9-16-8-4-5-11-27(16)31)21(30)26(18)13-19(29)25-17(14-28)15-6-2-1-3-7-15/h1-8,11-12,17,28H,9-10,13-14H2,(H,23,24)(H,25,29). The molecule has 162 valence electrons. The van der Waals surface area contributed by atoms with E-state index < -0.39 is 17.5 Å². The molecule has 2 heterocycles. The van der Waals surface area contributed by atoms with E-state index in [1.807, 2.05) is 6.07 Å². The number of hydrogen-bond acceptors (Lipinski definition) is 6. The SMILES string of the molecule is O=C(Cn1c(Cl)cnc(NCCc2cccc[n+]2[O-])c1=O)NC(CO)c1ccccc1. The van der Waals surface area contributed by atoms with Gasteiger partial charge >= 0.3 is 0 Å². The largest absolute Gasteiger partial charge is 0.619 e. The minimum atomic E-state index is -0.604. The van der Waals surface area contributed by atoms with Gasteiger partial charge in [-0.05, 0) is 5.56 Å². The highest BCUT2D eigenvalue weighted by Gasteiger charge is 2.17. The highest BCUT2D eigenvalue weighted by Crippen LogP contribution is 2.12. The van der Waals surface area contributed by atoms with Crippen LogP contribution in [0.25, 0.3) is 0 Å². The van der Waals surface area contributed by atoms with Crippen molar-refractivity contribution < 1.29 is 14.6 Å². The second kappa shape index (κ2) is 10.6. The number of aliphatic hydroxyl groups excluding tert-OH is 1. The van der Waals surface area contributed by atoms with Gasteiger partial charge in [-0.1, -0.05) is 48.0 Å². The lowest BCUT2D eigenvalue weighted by Gasteiger charge is -2.18. The zero-order valence-electron chi connectivity index (χ0n) is 16.6. The van der Waals surface area contributed by atoms with E-state index in [4.69, 9.17) is 11.6 Å². The monoisotopic (exact) mass is 443 g/mol. The Labute approximate surface area is 183 Å². The average molecular weight is 444 g/mol. The Hall–Kier alpha value is -3.43. The summed E-state index contributed by atoms with van der Waals surface area (Å²) in [6, 6.07) is 13.5. The van der Waals surface area contributed by atoms with Crippen LogP contribution >= 0.6 is 11.6 Å². The molecule has 0 radical (unpaired) electrons. The molecule has 10 heteroatoms. The molecule has 0 aliphatic rings. The Bertz CT molecular complexity index is 1090. The van der Waals surface area contributed by atoms with Crippen LogP contribution in [0.1, 0.15) is 17.3 Å².